The fraction of sp³-hybridized carbons (Fsp3) is 0.500. The fourth-order valence-electron chi connectivity index (χ4n) is 4.24. The molecule has 1 aromatic carbocycles. The van der Waals surface area contributed by atoms with Gasteiger partial charge in [-0.3, -0.25) is 14.5 Å². The number of pyridine rings is 1. The Morgan fingerprint density at radius 2 is 1.97 bits per heavy atom. The van der Waals surface area contributed by atoms with Gasteiger partial charge in [-0.1, -0.05) is 13.0 Å². The van der Waals surface area contributed by atoms with Crippen molar-refractivity contribution in [2.75, 3.05) is 33.9 Å². The van der Waals surface area contributed by atoms with Crippen molar-refractivity contribution < 1.29 is 14.3 Å². The first-order chi connectivity index (χ1) is 15.0. The molecule has 1 fully saturated rings. The van der Waals surface area contributed by atoms with E-state index in [0.717, 1.165) is 31.5 Å². The SMILES string of the molecule is CCN1CCC[C@H]1CNC(=O)c1c(C)ccn(CCc2ccc(OC)c(OC)c2)c1=O. The lowest BCUT2D eigenvalue weighted by atomic mass is 10.1. The van der Waals surface area contributed by atoms with Gasteiger partial charge in [0.2, 0.25) is 0 Å². The number of hydrogen-bond acceptors (Lipinski definition) is 5. The largest absolute Gasteiger partial charge is 0.493 e. The standard InChI is InChI=1S/C24H33N3O4/c1-5-26-12-6-7-19(26)16-25-23(28)22-17(2)10-13-27(24(22)29)14-11-18-8-9-20(30-3)21(15-18)31-4/h8-10,13,15,19H,5-7,11-12,14,16H2,1-4H3,(H,25,28)/t19-/m0/s1. The molecule has 3 rings (SSSR count). The summed E-state index contributed by atoms with van der Waals surface area (Å²) < 4.78 is 12.2. The lowest BCUT2D eigenvalue weighted by Gasteiger charge is -2.23. The van der Waals surface area contributed by atoms with Crippen molar-refractivity contribution in [1.82, 2.24) is 14.8 Å². The molecule has 1 amide bonds. The molecular weight excluding hydrogens is 394 g/mol. The van der Waals surface area contributed by atoms with E-state index in [2.05, 4.69) is 17.1 Å². The van der Waals surface area contributed by atoms with Crippen molar-refractivity contribution in [3.05, 3.63) is 57.5 Å². The predicted octanol–water partition coefficient (Wildman–Crippen LogP) is 2.63. The average Bonchev–Trinajstić information content (AvgIpc) is 3.24. The molecule has 0 radical (unpaired) electrons. The van der Waals surface area contributed by atoms with E-state index >= 15 is 0 Å². The van der Waals surface area contributed by atoms with Gasteiger partial charge in [0, 0.05) is 25.3 Å². The average molecular weight is 428 g/mol. The van der Waals surface area contributed by atoms with Gasteiger partial charge in [-0.25, -0.2) is 0 Å². The molecule has 1 saturated heterocycles. The summed E-state index contributed by atoms with van der Waals surface area (Å²) in [6, 6.07) is 7.90. The zero-order valence-electron chi connectivity index (χ0n) is 18.9. The summed E-state index contributed by atoms with van der Waals surface area (Å²) >= 11 is 0. The third kappa shape index (κ3) is 5.28. The van der Waals surface area contributed by atoms with E-state index in [1.54, 1.807) is 25.0 Å². The number of aryl methyl sites for hydroxylation is 3. The first-order valence-electron chi connectivity index (χ1n) is 10.9. The van der Waals surface area contributed by atoms with E-state index < -0.39 is 0 Å². The Balaban J connectivity index is 1.70. The van der Waals surface area contributed by atoms with Gasteiger partial charge in [0.1, 0.15) is 5.56 Å². The van der Waals surface area contributed by atoms with Crippen LogP contribution in [0.4, 0.5) is 0 Å². The van der Waals surface area contributed by atoms with Crippen LogP contribution in [0, 0.1) is 6.92 Å². The first-order valence-corrected chi connectivity index (χ1v) is 10.9. The van der Waals surface area contributed by atoms with Crippen LogP contribution in [0.15, 0.2) is 35.3 Å². The molecule has 1 aliphatic heterocycles. The molecule has 7 nitrogen and oxygen atoms in total. The predicted molar refractivity (Wildman–Crippen MR) is 121 cm³/mol. The summed E-state index contributed by atoms with van der Waals surface area (Å²) in [5, 5.41) is 2.99. The van der Waals surface area contributed by atoms with Crippen LogP contribution in [0.5, 0.6) is 11.5 Å². The molecule has 7 heteroatoms. The third-order valence-corrected chi connectivity index (χ3v) is 6.09. The van der Waals surface area contributed by atoms with Gasteiger partial charge in [0.25, 0.3) is 11.5 Å². The maximum Gasteiger partial charge on any atom is 0.263 e. The van der Waals surface area contributed by atoms with Gasteiger partial charge < -0.3 is 19.4 Å². The number of likely N-dealkylation sites (N-methyl/N-ethyl adjacent to an activating group) is 1. The van der Waals surface area contributed by atoms with Crippen molar-refractivity contribution >= 4 is 5.91 Å². The highest BCUT2D eigenvalue weighted by molar-refractivity contribution is 5.95. The molecule has 31 heavy (non-hydrogen) atoms. The molecule has 1 aromatic heterocycles. The fourth-order valence-corrected chi connectivity index (χ4v) is 4.24. The van der Waals surface area contributed by atoms with Crippen molar-refractivity contribution in [3.8, 4) is 11.5 Å². The lowest BCUT2D eigenvalue weighted by Crippen LogP contribution is -2.42. The topological polar surface area (TPSA) is 72.8 Å². The third-order valence-electron chi connectivity index (χ3n) is 6.09. The van der Waals surface area contributed by atoms with E-state index in [9.17, 15) is 9.59 Å². The molecule has 1 aliphatic rings. The Morgan fingerprint density at radius 3 is 2.68 bits per heavy atom. The zero-order chi connectivity index (χ0) is 22.4. The van der Waals surface area contributed by atoms with Gasteiger partial charge >= 0.3 is 0 Å². The van der Waals surface area contributed by atoms with E-state index in [0.29, 0.717) is 42.6 Å². The van der Waals surface area contributed by atoms with Crippen LogP contribution >= 0.6 is 0 Å². The number of carbonyl (C=O) groups excluding carboxylic acids is 1. The normalized spacial score (nSPS) is 16.3. The van der Waals surface area contributed by atoms with E-state index in [1.165, 1.54) is 0 Å². The molecule has 168 valence electrons. The van der Waals surface area contributed by atoms with Crippen LogP contribution in [-0.2, 0) is 13.0 Å². The number of hydrogen-bond donors (Lipinski definition) is 1. The van der Waals surface area contributed by atoms with Crippen LogP contribution in [0.3, 0.4) is 0 Å². The minimum atomic E-state index is -0.286. The summed E-state index contributed by atoms with van der Waals surface area (Å²) in [6.45, 7) is 7.05. The van der Waals surface area contributed by atoms with Crippen LogP contribution in [0.25, 0.3) is 0 Å². The molecule has 1 atom stereocenters. The number of benzene rings is 1. The number of nitrogens with one attached hydrogen (secondary N) is 1. The molecule has 0 bridgehead atoms. The van der Waals surface area contributed by atoms with Crippen LogP contribution < -0.4 is 20.3 Å². The van der Waals surface area contributed by atoms with Crippen LogP contribution in [0.1, 0.15) is 41.3 Å². The summed E-state index contributed by atoms with van der Waals surface area (Å²) in [4.78, 5) is 28.3. The van der Waals surface area contributed by atoms with Gasteiger partial charge in [-0.05, 0) is 68.6 Å². The van der Waals surface area contributed by atoms with Crippen LogP contribution in [-0.4, -0.2) is 55.3 Å². The second-order valence-corrected chi connectivity index (χ2v) is 7.95. The molecule has 0 aliphatic carbocycles. The summed E-state index contributed by atoms with van der Waals surface area (Å²) in [7, 11) is 3.20. The number of ether oxygens (including phenoxy) is 2. The number of rotatable bonds is 9. The number of amides is 1. The zero-order valence-corrected chi connectivity index (χ0v) is 18.9. The Bertz CT molecular complexity index is 970. The number of methoxy groups -OCH3 is 2. The molecule has 2 aromatic rings. The van der Waals surface area contributed by atoms with E-state index in [4.69, 9.17) is 9.47 Å². The second kappa shape index (κ2) is 10.5. The Kier molecular flexibility index (Phi) is 7.74. The summed E-state index contributed by atoms with van der Waals surface area (Å²) in [6.07, 6.45) is 4.63. The molecule has 1 N–H and O–H groups in total. The number of likely N-dealkylation sites (tertiary alicyclic amines) is 1. The summed E-state index contributed by atoms with van der Waals surface area (Å²) in [5.41, 5.74) is 1.70. The Morgan fingerprint density at radius 1 is 1.19 bits per heavy atom. The Hall–Kier alpha value is -2.80. The minimum absolute atomic E-state index is 0.232. The smallest absolute Gasteiger partial charge is 0.263 e. The molecule has 0 spiro atoms. The molecular formula is C24H33N3O4. The highest BCUT2D eigenvalue weighted by atomic mass is 16.5. The quantitative estimate of drug-likeness (QED) is 0.666. The van der Waals surface area contributed by atoms with Gasteiger partial charge in [0.05, 0.1) is 14.2 Å². The minimum Gasteiger partial charge on any atom is -0.493 e. The maximum atomic E-state index is 13.0. The van der Waals surface area contributed by atoms with Crippen LogP contribution in [0.2, 0.25) is 0 Å². The number of aromatic nitrogens is 1. The molecule has 0 unspecified atom stereocenters. The Labute approximate surface area is 184 Å². The molecule has 0 saturated carbocycles. The molecule has 2 heterocycles. The van der Waals surface area contributed by atoms with Gasteiger partial charge in [-0.2, -0.15) is 0 Å². The maximum absolute atomic E-state index is 13.0. The van der Waals surface area contributed by atoms with Crippen molar-refractivity contribution in [3.63, 3.8) is 0 Å². The van der Waals surface area contributed by atoms with Crippen molar-refractivity contribution in [2.45, 2.75) is 45.7 Å². The number of carbonyl (C=O) groups is 1. The summed E-state index contributed by atoms with van der Waals surface area (Å²) in [5.74, 6) is 1.04. The highest BCUT2D eigenvalue weighted by Crippen LogP contribution is 2.27. The van der Waals surface area contributed by atoms with Crippen molar-refractivity contribution in [1.29, 1.82) is 0 Å². The lowest BCUT2D eigenvalue weighted by molar-refractivity contribution is 0.0938. The number of nitrogens with zero attached hydrogens (tertiary/aromatic N) is 2. The van der Waals surface area contributed by atoms with Crippen molar-refractivity contribution in [2.24, 2.45) is 0 Å². The van der Waals surface area contributed by atoms with Gasteiger partial charge in [-0.15, -0.1) is 0 Å². The highest BCUT2D eigenvalue weighted by Gasteiger charge is 2.24. The van der Waals surface area contributed by atoms with E-state index in [-0.39, 0.29) is 17.0 Å². The monoisotopic (exact) mass is 427 g/mol. The second-order valence-electron chi connectivity index (χ2n) is 7.95. The first kappa shape index (κ1) is 22.9. The van der Waals surface area contributed by atoms with Gasteiger partial charge in [0.15, 0.2) is 11.5 Å². The van der Waals surface area contributed by atoms with E-state index in [1.807, 2.05) is 31.2 Å².